The summed E-state index contributed by atoms with van der Waals surface area (Å²) in [6.07, 6.45) is 0. The summed E-state index contributed by atoms with van der Waals surface area (Å²) >= 11 is 1.47. The molecular weight excluding hydrogens is 284 g/mol. The topological polar surface area (TPSA) is 73.8 Å². The van der Waals surface area contributed by atoms with Crippen molar-refractivity contribution >= 4 is 28.4 Å². The lowest BCUT2D eigenvalue weighted by molar-refractivity contribution is 0.645. The van der Waals surface area contributed by atoms with Crippen molar-refractivity contribution in [3.05, 3.63) is 58.4 Å². The average molecular weight is 298 g/mol. The van der Waals surface area contributed by atoms with Crippen LogP contribution in [0.25, 0.3) is 10.9 Å². The first-order chi connectivity index (χ1) is 10.1. The number of anilines is 1. The first-order valence-electron chi connectivity index (χ1n) is 6.46. The number of aromatic nitrogens is 3. The van der Waals surface area contributed by atoms with E-state index in [9.17, 15) is 4.79 Å². The van der Waals surface area contributed by atoms with Gasteiger partial charge < -0.3 is 5.73 Å². The molecule has 3 rings (SSSR count). The molecule has 0 bridgehead atoms. The second-order valence-corrected chi connectivity index (χ2v) is 5.71. The third-order valence-electron chi connectivity index (χ3n) is 3.14. The molecule has 0 aliphatic rings. The number of aryl methyl sites for hydroxylation is 1. The van der Waals surface area contributed by atoms with E-state index in [-0.39, 0.29) is 5.56 Å². The van der Waals surface area contributed by atoms with E-state index in [4.69, 9.17) is 5.73 Å². The minimum Gasteiger partial charge on any atom is -0.398 e. The van der Waals surface area contributed by atoms with Gasteiger partial charge in [0.05, 0.1) is 11.3 Å². The van der Waals surface area contributed by atoms with E-state index in [2.05, 4.69) is 10.3 Å². The van der Waals surface area contributed by atoms with Gasteiger partial charge in [-0.1, -0.05) is 35.2 Å². The molecule has 5 nitrogen and oxygen atoms in total. The molecule has 0 amide bonds. The molecule has 0 spiro atoms. The van der Waals surface area contributed by atoms with Crippen LogP contribution in [0.15, 0.2) is 52.2 Å². The van der Waals surface area contributed by atoms with Crippen molar-refractivity contribution in [1.82, 2.24) is 15.0 Å². The predicted octanol–water partition coefficient (Wildman–Crippen LogP) is 2.43. The molecule has 0 atom stereocenters. The summed E-state index contributed by atoms with van der Waals surface area (Å²) in [5.41, 5.74) is 8.24. The zero-order valence-electron chi connectivity index (χ0n) is 11.5. The Hall–Kier alpha value is -2.34. The minimum absolute atomic E-state index is 0.140. The van der Waals surface area contributed by atoms with E-state index in [1.54, 1.807) is 12.1 Å². The zero-order valence-corrected chi connectivity index (χ0v) is 12.3. The van der Waals surface area contributed by atoms with Crippen LogP contribution in [0, 0.1) is 6.92 Å². The van der Waals surface area contributed by atoms with E-state index in [0.717, 1.165) is 10.5 Å². The van der Waals surface area contributed by atoms with Crippen molar-refractivity contribution in [2.45, 2.75) is 17.7 Å². The lowest BCUT2D eigenvalue weighted by atomic mass is 10.2. The predicted molar refractivity (Wildman–Crippen MR) is 85.2 cm³/mol. The average Bonchev–Trinajstić information content (AvgIpc) is 2.50. The molecule has 0 saturated heterocycles. The van der Waals surface area contributed by atoms with E-state index in [0.29, 0.717) is 22.5 Å². The molecule has 2 N–H and O–H groups in total. The van der Waals surface area contributed by atoms with Gasteiger partial charge in [0.1, 0.15) is 5.52 Å². The highest BCUT2D eigenvalue weighted by Gasteiger charge is 2.06. The summed E-state index contributed by atoms with van der Waals surface area (Å²) in [7, 11) is 0. The summed E-state index contributed by atoms with van der Waals surface area (Å²) in [6, 6.07) is 13.0. The van der Waals surface area contributed by atoms with E-state index in [1.165, 1.54) is 16.4 Å². The fraction of sp³-hybridized carbons (Fsp3) is 0.133. The Morgan fingerprint density at radius 3 is 2.90 bits per heavy atom. The number of benzene rings is 2. The first-order valence-corrected chi connectivity index (χ1v) is 7.45. The Bertz CT molecular complexity index is 860. The van der Waals surface area contributed by atoms with Crippen LogP contribution in [0.2, 0.25) is 0 Å². The van der Waals surface area contributed by atoms with Crippen molar-refractivity contribution in [2.75, 3.05) is 5.73 Å². The van der Waals surface area contributed by atoms with E-state index in [1.807, 2.05) is 37.3 Å². The van der Waals surface area contributed by atoms with Gasteiger partial charge in [-0.05, 0) is 36.8 Å². The van der Waals surface area contributed by atoms with E-state index < -0.39 is 0 Å². The highest BCUT2D eigenvalue weighted by Crippen LogP contribution is 2.26. The van der Waals surface area contributed by atoms with Crippen molar-refractivity contribution in [3.63, 3.8) is 0 Å². The van der Waals surface area contributed by atoms with Gasteiger partial charge in [0, 0.05) is 10.6 Å². The highest BCUT2D eigenvalue weighted by atomic mass is 32.2. The monoisotopic (exact) mass is 298 g/mol. The number of nitrogens with zero attached hydrogens (tertiary/aromatic N) is 3. The molecule has 0 unspecified atom stereocenters. The van der Waals surface area contributed by atoms with Gasteiger partial charge in [-0.15, -0.1) is 5.10 Å². The Morgan fingerprint density at radius 1 is 1.24 bits per heavy atom. The van der Waals surface area contributed by atoms with Gasteiger partial charge in [-0.3, -0.25) is 4.79 Å². The van der Waals surface area contributed by atoms with E-state index >= 15 is 0 Å². The van der Waals surface area contributed by atoms with Crippen molar-refractivity contribution in [2.24, 2.45) is 0 Å². The molecule has 0 fully saturated rings. The molecule has 21 heavy (non-hydrogen) atoms. The van der Waals surface area contributed by atoms with Crippen molar-refractivity contribution < 1.29 is 0 Å². The molecular formula is C15H14N4OS. The van der Waals surface area contributed by atoms with Crippen LogP contribution in [-0.4, -0.2) is 15.0 Å². The van der Waals surface area contributed by atoms with Crippen LogP contribution >= 0.6 is 11.8 Å². The fourth-order valence-electron chi connectivity index (χ4n) is 2.01. The van der Waals surface area contributed by atoms with Gasteiger partial charge >= 0.3 is 0 Å². The fourth-order valence-corrected chi connectivity index (χ4v) is 2.94. The Labute approximate surface area is 125 Å². The SMILES string of the molecule is Cc1ccc(N)c(SCn2nnc3ccccc3c2=O)c1. The van der Waals surface area contributed by atoms with Gasteiger partial charge in [0.2, 0.25) is 0 Å². The van der Waals surface area contributed by atoms with Crippen LogP contribution in [0.4, 0.5) is 5.69 Å². The van der Waals surface area contributed by atoms with Crippen molar-refractivity contribution in [3.8, 4) is 0 Å². The van der Waals surface area contributed by atoms with Crippen LogP contribution in [0.1, 0.15) is 5.56 Å². The second kappa shape index (κ2) is 5.57. The summed E-state index contributed by atoms with van der Waals surface area (Å²) in [4.78, 5) is 13.3. The molecule has 0 aliphatic heterocycles. The maximum atomic E-state index is 12.3. The maximum Gasteiger partial charge on any atom is 0.278 e. The van der Waals surface area contributed by atoms with Gasteiger partial charge in [-0.25, -0.2) is 4.68 Å². The zero-order chi connectivity index (χ0) is 14.8. The lowest BCUT2D eigenvalue weighted by Gasteiger charge is -2.07. The molecule has 0 saturated carbocycles. The standard InChI is InChI=1S/C15H14N4OS/c1-10-6-7-12(16)14(8-10)21-9-19-15(20)11-4-2-3-5-13(11)17-18-19/h2-8H,9,16H2,1H3. The summed E-state index contributed by atoms with van der Waals surface area (Å²) < 4.78 is 1.36. The molecule has 3 aromatic rings. The van der Waals surface area contributed by atoms with Crippen LogP contribution in [0.3, 0.4) is 0 Å². The highest BCUT2D eigenvalue weighted by molar-refractivity contribution is 7.98. The molecule has 6 heteroatoms. The smallest absolute Gasteiger partial charge is 0.278 e. The molecule has 0 aliphatic carbocycles. The number of hydrogen-bond donors (Lipinski definition) is 1. The summed E-state index contributed by atoms with van der Waals surface area (Å²) in [5, 5.41) is 8.60. The number of fused-ring (bicyclic) bond motifs is 1. The van der Waals surface area contributed by atoms with Crippen LogP contribution in [0.5, 0.6) is 0 Å². The molecule has 1 aromatic heterocycles. The first kappa shape index (κ1) is 13.6. The minimum atomic E-state index is -0.140. The third-order valence-corrected chi connectivity index (χ3v) is 4.18. The quantitative estimate of drug-likeness (QED) is 0.594. The number of nitrogens with two attached hydrogens (primary N) is 1. The van der Waals surface area contributed by atoms with Crippen LogP contribution in [-0.2, 0) is 5.88 Å². The van der Waals surface area contributed by atoms with Gasteiger partial charge in [0.25, 0.3) is 5.56 Å². The normalized spacial score (nSPS) is 10.9. The second-order valence-electron chi connectivity index (χ2n) is 4.73. The number of thioether (sulfide) groups is 1. The molecule has 1 heterocycles. The third kappa shape index (κ3) is 2.75. The van der Waals surface area contributed by atoms with Gasteiger partial charge in [0.15, 0.2) is 0 Å². The summed E-state index contributed by atoms with van der Waals surface area (Å²) in [6.45, 7) is 2.01. The summed E-state index contributed by atoms with van der Waals surface area (Å²) in [5.74, 6) is 0.379. The molecule has 106 valence electrons. The Morgan fingerprint density at radius 2 is 2.05 bits per heavy atom. The molecule has 0 radical (unpaired) electrons. The Kier molecular flexibility index (Phi) is 3.62. The lowest BCUT2D eigenvalue weighted by Crippen LogP contribution is -2.23. The molecule has 2 aromatic carbocycles. The van der Waals surface area contributed by atoms with Crippen LogP contribution < -0.4 is 11.3 Å². The Balaban J connectivity index is 1.90. The van der Waals surface area contributed by atoms with Gasteiger partial charge in [-0.2, -0.15) is 0 Å². The van der Waals surface area contributed by atoms with Crippen molar-refractivity contribution in [1.29, 1.82) is 0 Å². The number of nitrogen functional groups attached to an aromatic ring is 1. The number of hydrogen-bond acceptors (Lipinski definition) is 5. The maximum absolute atomic E-state index is 12.3. The largest absolute Gasteiger partial charge is 0.398 e. The number of rotatable bonds is 3.